The van der Waals surface area contributed by atoms with E-state index in [0.717, 1.165) is 17.4 Å². The number of primary amides is 1. The van der Waals surface area contributed by atoms with Crippen molar-refractivity contribution < 1.29 is 27.9 Å². The van der Waals surface area contributed by atoms with Crippen LogP contribution in [0.1, 0.15) is 26.6 Å². The molecule has 2 amide bonds. The average Bonchev–Trinajstić information content (AvgIpc) is 3.36. The quantitative estimate of drug-likeness (QED) is 0.462. The first kappa shape index (κ1) is 23.3. The lowest BCUT2D eigenvalue weighted by atomic mass is 9.97. The van der Waals surface area contributed by atoms with Crippen LogP contribution in [-0.4, -0.2) is 44.9 Å². The lowest BCUT2D eigenvalue weighted by Crippen LogP contribution is -2.51. The van der Waals surface area contributed by atoms with Crippen molar-refractivity contribution in [1.29, 1.82) is 0 Å². The second-order valence-electron chi connectivity index (χ2n) is 7.39. The van der Waals surface area contributed by atoms with Gasteiger partial charge in [0.25, 0.3) is 5.91 Å². The minimum atomic E-state index is -4.42. The number of aliphatic hydroxyl groups is 1. The van der Waals surface area contributed by atoms with Gasteiger partial charge in [0.05, 0.1) is 34.4 Å². The van der Waals surface area contributed by atoms with Crippen molar-refractivity contribution in [3.05, 3.63) is 51.5 Å². The van der Waals surface area contributed by atoms with E-state index >= 15 is 0 Å². The number of aromatic nitrogens is 2. The van der Waals surface area contributed by atoms with Crippen molar-refractivity contribution in [2.24, 2.45) is 11.7 Å². The molecule has 0 spiro atoms. The minimum absolute atomic E-state index is 0.0503. The molecule has 3 aromatic rings. The van der Waals surface area contributed by atoms with Gasteiger partial charge < -0.3 is 16.2 Å². The predicted molar refractivity (Wildman–Crippen MR) is 117 cm³/mol. The third kappa shape index (κ3) is 5.05. The molecule has 1 aromatic carbocycles. The average molecular weight is 498 g/mol. The van der Waals surface area contributed by atoms with Crippen LogP contribution >= 0.6 is 22.7 Å². The monoisotopic (exact) mass is 497 g/mol. The number of amides is 2. The Morgan fingerprint density at radius 3 is 2.64 bits per heavy atom. The molecule has 0 bridgehead atoms. The zero-order valence-electron chi connectivity index (χ0n) is 16.9. The van der Waals surface area contributed by atoms with E-state index < -0.39 is 24.3 Å². The molecule has 0 atom stereocenters. The van der Waals surface area contributed by atoms with E-state index in [1.807, 2.05) is 0 Å². The van der Waals surface area contributed by atoms with Gasteiger partial charge in [-0.05, 0) is 11.6 Å². The molecule has 0 saturated carbocycles. The van der Waals surface area contributed by atoms with Crippen LogP contribution in [-0.2, 0) is 24.1 Å². The molecule has 1 aliphatic rings. The molecular weight excluding hydrogens is 479 g/mol. The fraction of sp³-hybridized carbons (Fsp3) is 0.300. The van der Waals surface area contributed by atoms with Crippen LogP contribution in [0.15, 0.2) is 29.6 Å². The number of nitrogens with zero attached hydrogens (tertiary/aromatic N) is 3. The third-order valence-corrected chi connectivity index (χ3v) is 6.96. The van der Waals surface area contributed by atoms with Gasteiger partial charge in [-0.15, -0.1) is 22.7 Å². The number of likely N-dealkylation sites (tertiary alicyclic amines) is 1. The van der Waals surface area contributed by atoms with Gasteiger partial charge in [-0.1, -0.05) is 18.2 Å². The van der Waals surface area contributed by atoms with Crippen LogP contribution in [0, 0.1) is 5.92 Å². The van der Waals surface area contributed by atoms with E-state index in [9.17, 15) is 27.9 Å². The highest BCUT2D eigenvalue weighted by atomic mass is 32.1. The number of thiazole rings is 2. The zero-order chi connectivity index (χ0) is 23.8. The van der Waals surface area contributed by atoms with Gasteiger partial charge in [0, 0.05) is 25.0 Å². The molecule has 3 heterocycles. The topological polar surface area (TPSA) is 121 Å². The van der Waals surface area contributed by atoms with Crippen molar-refractivity contribution in [1.82, 2.24) is 14.9 Å². The standard InChI is InChI=1S/C20H18F3N5O3S2/c21-20(22,23)12-4-2-1-3-10(12)5-28-6-11(7-28)17(31)27-19-26-14(9-32-19)15-13(8-29)25-18(33-15)16(24)30/h1-4,9,11,29H,5-8H2,(H2,24,30)(H,26,27,31). The van der Waals surface area contributed by atoms with Crippen LogP contribution in [0.3, 0.4) is 0 Å². The fourth-order valence-electron chi connectivity index (χ4n) is 3.45. The van der Waals surface area contributed by atoms with Crippen molar-refractivity contribution in [2.75, 3.05) is 18.4 Å². The normalized spacial score (nSPS) is 14.8. The summed E-state index contributed by atoms with van der Waals surface area (Å²) in [6.07, 6.45) is -4.42. The molecule has 1 aliphatic heterocycles. The van der Waals surface area contributed by atoms with Crippen LogP contribution in [0.5, 0.6) is 0 Å². The van der Waals surface area contributed by atoms with E-state index in [-0.39, 0.29) is 34.6 Å². The SMILES string of the molecule is NC(=O)c1nc(CO)c(-c2csc(NC(=O)C3CN(Cc4ccccc4C(F)(F)F)C3)n2)s1. The maximum Gasteiger partial charge on any atom is 0.416 e. The number of carbonyl (C=O) groups excluding carboxylic acids is 2. The number of carbonyl (C=O) groups is 2. The molecule has 2 aromatic heterocycles. The first-order valence-electron chi connectivity index (χ1n) is 9.70. The number of nitrogens with two attached hydrogens (primary N) is 1. The van der Waals surface area contributed by atoms with E-state index in [1.54, 1.807) is 16.3 Å². The van der Waals surface area contributed by atoms with Crippen LogP contribution in [0.25, 0.3) is 10.6 Å². The first-order valence-corrected chi connectivity index (χ1v) is 11.4. The summed E-state index contributed by atoms with van der Waals surface area (Å²) in [6, 6.07) is 5.41. The summed E-state index contributed by atoms with van der Waals surface area (Å²) >= 11 is 2.17. The molecule has 1 saturated heterocycles. The van der Waals surface area contributed by atoms with Crippen LogP contribution < -0.4 is 11.1 Å². The molecule has 1 fully saturated rings. The first-order chi connectivity index (χ1) is 15.7. The third-order valence-electron chi connectivity index (χ3n) is 5.07. The van der Waals surface area contributed by atoms with Gasteiger partial charge in [0.1, 0.15) is 0 Å². The van der Waals surface area contributed by atoms with E-state index in [1.165, 1.54) is 23.5 Å². The van der Waals surface area contributed by atoms with Gasteiger partial charge in [-0.2, -0.15) is 13.2 Å². The summed E-state index contributed by atoms with van der Waals surface area (Å²) in [5.74, 6) is -1.36. The van der Waals surface area contributed by atoms with Gasteiger partial charge in [-0.3, -0.25) is 14.5 Å². The van der Waals surface area contributed by atoms with Crippen molar-refractivity contribution in [2.45, 2.75) is 19.3 Å². The summed E-state index contributed by atoms with van der Waals surface area (Å²) in [6.45, 7) is 0.384. The zero-order valence-corrected chi connectivity index (χ0v) is 18.6. The number of benzene rings is 1. The fourth-order valence-corrected chi connectivity index (χ4v) is 5.11. The minimum Gasteiger partial charge on any atom is -0.390 e. The number of hydrogen-bond donors (Lipinski definition) is 3. The molecule has 0 aliphatic carbocycles. The number of anilines is 1. The Kier molecular flexibility index (Phi) is 6.47. The van der Waals surface area contributed by atoms with E-state index in [4.69, 9.17) is 5.73 Å². The molecule has 174 valence electrons. The molecule has 4 rings (SSSR count). The summed E-state index contributed by atoms with van der Waals surface area (Å²) in [5, 5.41) is 14.2. The highest BCUT2D eigenvalue weighted by Crippen LogP contribution is 2.35. The maximum atomic E-state index is 13.2. The number of aliphatic hydroxyl groups excluding tert-OH is 1. The Labute approximate surface area is 193 Å². The smallest absolute Gasteiger partial charge is 0.390 e. The molecule has 0 radical (unpaired) electrons. The molecule has 0 unspecified atom stereocenters. The maximum absolute atomic E-state index is 13.2. The highest BCUT2D eigenvalue weighted by Gasteiger charge is 2.37. The molecular formula is C20H18F3N5O3S2. The number of rotatable bonds is 7. The van der Waals surface area contributed by atoms with Crippen molar-refractivity contribution in [3.8, 4) is 10.6 Å². The van der Waals surface area contributed by atoms with Crippen LogP contribution in [0.4, 0.5) is 18.3 Å². The number of halogens is 3. The Balaban J connectivity index is 1.35. The molecule has 8 nitrogen and oxygen atoms in total. The molecule has 33 heavy (non-hydrogen) atoms. The molecule has 13 heteroatoms. The Hall–Kier alpha value is -2.87. The Morgan fingerprint density at radius 2 is 1.97 bits per heavy atom. The van der Waals surface area contributed by atoms with Gasteiger partial charge >= 0.3 is 6.18 Å². The van der Waals surface area contributed by atoms with Crippen molar-refractivity contribution in [3.63, 3.8) is 0 Å². The number of nitrogens with one attached hydrogen (secondary N) is 1. The summed E-state index contributed by atoms with van der Waals surface area (Å²) < 4.78 is 39.5. The van der Waals surface area contributed by atoms with Gasteiger partial charge in [0.15, 0.2) is 10.1 Å². The van der Waals surface area contributed by atoms with Crippen LogP contribution in [0.2, 0.25) is 0 Å². The summed E-state index contributed by atoms with van der Waals surface area (Å²) in [5.41, 5.74) is 5.46. The van der Waals surface area contributed by atoms with Gasteiger partial charge in [0.2, 0.25) is 5.91 Å². The highest BCUT2D eigenvalue weighted by molar-refractivity contribution is 7.18. The summed E-state index contributed by atoms with van der Waals surface area (Å²) in [4.78, 5) is 34.4. The predicted octanol–water partition coefficient (Wildman–Crippen LogP) is 2.95. The number of alkyl halides is 3. The Bertz CT molecular complexity index is 1190. The Morgan fingerprint density at radius 1 is 1.24 bits per heavy atom. The largest absolute Gasteiger partial charge is 0.416 e. The lowest BCUT2D eigenvalue weighted by Gasteiger charge is -2.38. The number of hydrogen-bond acceptors (Lipinski definition) is 8. The van der Waals surface area contributed by atoms with E-state index in [2.05, 4.69) is 15.3 Å². The van der Waals surface area contributed by atoms with Gasteiger partial charge in [-0.25, -0.2) is 9.97 Å². The second kappa shape index (κ2) is 9.17. The lowest BCUT2D eigenvalue weighted by molar-refractivity contribution is -0.139. The van der Waals surface area contributed by atoms with E-state index in [0.29, 0.717) is 28.8 Å². The van der Waals surface area contributed by atoms with Crippen molar-refractivity contribution >= 4 is 39.6 Å². The second-order valence-corrected chi connectivity index (χ2v) is 9.25. The summed E-state index contributed by atoms with van der Waals surface area (Å²) in [7, 11) is 0. The molecule has 4 N–H and O–H groups in total.